The molecule has 2 amide bonds. The van der Waals surface area contributed by atoms with Crippen LogP contribution in [0.25, 0.3) is 5.69 Å². The minimum Gasteiger partial charge on any atom is -0.346 e. The van der Waals surface area contributed by atoms with Crippen LogP contribution in [0.5, 0.6) is 0 Å². The average molecular weight is 380 g/mol. The fraction of sp³-hybridized carbons (Fsp3) is 0.389. The molecule has 1 unspecified atom stereocenters. The van der Waals surface area contributed by atoms with Crippen molar-refractivity contribution in [3.8, 4) is 5.69 Å². The molecule has 1 saturated heterocycles. The number of benzene rings is 1. The monoisotopic (exact) mass is 380 g/mol. The maximum absolute atomic E-state index is 13.0. The first-order chi connectivity index (χ1) is 12.6. The molecule has 0 saturated carbocycles. The first-order valence-corrected chi connectivity index (χ1v) is 8.44. The van der Waals surface area contributed by atoms with E-state index in [4.69, 9.17) is 0 Å². The summed E-state index contributed by atoms with van der Waals surface area (Å²) in [7, 11) is 1.68. The van der Waals surface area contributed by atoms with Gasteiger partial charge in [-0.25, -0.2) is 4.68 Å². The Labute approximate surface area is 154 Å². The Bertz CT molecular complexity index is 876. The van der Waals surface area contributed by atoms with Crippen LogP contribution in [0.2, 0.25) is 0 Å². The summed E-state index contributed by atoms with van der Waals surface area (Å²) < 4.78 is 40.2. The number of alkyl halides is 3. The van der Waals surface area contributed by atoms with Gasteiger partial charge in [-0.15, -0.1) is 0 Å². The lowest BCUT2D eigenvalue weighted by molar-refractivity contribution is -0.137. The zero-order valence-corrected chi connectivity index (χ0v) is 14.9. The lowest BCUT2D eigenvalue weighted by atomic mass is 9.96. The number of rotatable bonds is 3. The molecule has 0 bridgehead atoms. The second-order valence-corrected chi connectivity index (χ2v) is 6.63. The molecule has 0 spiro atoms. The quantitative estimate of drug-likeness (QED) is 0.890. The predicted molar refractivity (Wildman–Crippen MR) is 92.3 cm³/mol. The molecule has 1 aromatic carbocycles. The Hall–Kier alpha value is -2.84. The Morgan fingerprint density at radius 2 is 2.04 bits per heavy atom. The van der Waals surface area contributed by atoms with E-state index in [9.17, 15) is 22.8 Å². The minimum absolute atomic E-state index is 0.107. The smallest absolute Gasteiger partial charge is 0.346 e. The summed E-state index contributed by atoms with van der Waals surface area (Å²) in [6, 6.07) is 6.30. The number of nitrogens with zero attached hydrogens (tertiary/aromatic N) is 3. The van der Waals surface area contributed by atoms with E-state index in [2.05, 4.69) is 10.4 Å². The zero-order chi connectivity index (χ0) is 19.8. The molecule has 0 radical (unpaired) electrons. The van der Waals surface area contributed by atoms with Crippen molar-refractivity contribution in [3.05, 3.63) is 41.6 Å². The van der Waals surface area contributed by atoms with Gasteiger partial charge in [0.05, 0.1) is 16.9 Å². The summed E-state index contributed by atoms with van der Waals surface area (Å²) in [5, 5.41) is 6.89. The first-order valence-electron chi connectivity index (χ1n) is 8.44. The van der Waals surface area contributed by atoms with Gasteiger partial charge in [-0.1, -0.05) is 6.07 Å². The predicted octanol–water partition coefficient (Wildman–Crippen LogP) is 3.01. The summed E-state index contributed by atoms with van der Waals surface area (Å²) in [6.45, 7) is 2.17. The third-order valence-electron chi connectivity index (χ3n) is 4.53. The van der Waals surface area contributed by atoms with Gasteiger partial charge in [0.2, 0.25) is 11.8 Å². The topological polar surface area (TPSA) is 67.2 Å². The van der Waals surface area contributed by atoms with Crippen molar-refractivity contribution in [1.82, 2.24) is 14.7 Å². The van der Waals surface area contributed by atoms with Crippen LogP contribution in [0, 0.1) is 12.8 Å². The number of aryl methyl sites for hydroxylation is 1. The van der Waals surface area contributed by atoms with Gasteiger partial charge in [-0.3, -0.25) is 9.59 Å². The molecule has 9 heteroatoms. The van der Waals surface area contributed by atoms with Crippen molar-refractivity contribution in [1.29, 1.82) is 0 Å². The summed E-state index contributed by atoms with van der Waals surface area (Å²) >= 11 is 0. The summed E-state index contributed by atoms with van der Waals surface area (Å²) in [5.41, 5.74) is -0.0683. The second-order valence-electron chi connectivity index (χ2n) is 6.63. The standard InChI is InChI=1S/C18H19F3N4O2/c1-11-8-15(22-17(27)12-6-7-24(2)16(26)9-12)25(23-11)14-5-3-4-13(10-14)18(19,20)21/h3-5,8,10,12H,6-7,9H2,1-2H3,(H,22,27). The van der Waals surface area contributed by atoms with Gasteiger partial charge < -0.3 is 10.2 Å². The minimum atomic E-state index is -4.48. The molecule has 1 atom stereocenters. The molecule has 1 N–H and O–H groups in total. The zero-order valence-electron chi connectivity index (χ0n) is 14.9. The van der Waals surface area contributed by atoms with E-state index in [1.54, 1.807) is 24.9 Å². The van der Waals surface area contributed by atoms with Crippen molar-refractivity contribution >= 4 is 17.6 Å². The maximum atomic E-state index is 13.0. The Morgan fingerprint density at radius 1 is 1.30 bits per heavy atom. The van der Waals surface area contributed by atoms with Crippen LogP contribution in [-0.2, 0) is 15.8 Å². The molecule has 27 heavy (non-hydrogen) atoms. The normalized spacial score (nSPS) is 17.9. The highest BCUT2D eigenvalue weighted by atomic mass is 19.4. The number of aromatic nitrogens is 2. The van der Waals surface area contributed by atoms with Gasteiger partial charge in [-0.2, -0.15) is 18.3 Å². The highest BCUT2D eigenvalue weighted by Crippen LogP contribution is 2.31. The molecule has 1 aliphatic rings. The number of carbonyl (C=O) groups is 2. The van der Waals surface area contributed by atoms with Crippen LogP contribution < -0.4 is 5.32 Å². The number of nitrogens with one attached hydrogen (secondary N) is 1. The van der Waals surface area contributed by atoms with Crippen molar-refractivity contribution < 1.29 is 22.8 Å². The van der Waals surface area contributed by atoms with Gasteiger partial charge in [0.25, 0.3) is 0 Å². The molecule has 6 nitrogen and oxygen atoms in total. The summed E-state index contributed by atoms with van der Waals surface area (Å²) in [4.78, 5) is 25.9. The Kier molecular flexibility index (Phi) is 4.95. The van der Waals surface area contributed by atoms with Crippen LogP contribution >= 0.6 is 0 Å². The van der Waals surface area contributed by atoms with Gasteiger partial charge >= 0.3 is 6.18 Å². The van der Waals surface area contributed by atoms with Gasteiger partial charge in [0.1, 0.15) is 5.82 Å². The van der Waals surface area contributed by atoms with E-state index < -0.39 is 17.7 Å². The Balaban J connectivity index is 1.85. The summed E-state index contributed by atoms with van der Waals surface area (Å²) in [5.74, 6) is -0.657. The van der Waals surface area contributed by atoms with Crippen molar-refractivity contribution in [2.45, 2.75) is 25.9 Å². The van der Waals surface area contributed by atoms with Crippen LogP contribution in [0.15, 0.2) is 30.3 Å². The molecular weight excluding hydrogens is 361 g/mol. The molecule has 1 aromatic heterocycles. The molecule has 2 aromatic rings. The largest absolute Gasteiger partial charge is 0.416 e. The van der Waals surface area contributed by atoms with Gasteiger partial charge in [0.15, 0.2) is 0 Å². The highest BCUT2D eigenvalue weighted by Gasteiger charge is 2.31. The van der Waals surface area contributed by atoms with E-state index in [1.165, 1.54) is 16.8 Å². The fourth-order valence-corrected chi connectivity index (χ4v) is 2.99. The van der Waals surface area contributed by atoms with Crippen LogP contribution in [0.1, 0.15) is 24.1 Å². The first kappa shape index (κ1) is 18.9. The van der Waals surface area contributed by atoms with Crippen LogP contribution in [0.4, 0.5) is 19.0 Å². The van der Waals surface area contributed by atoms with Crippen molar-refractivity contribution in [2.75, 3.05) is 18.9 Å². The number of carbonyl (C=O) groups excluding carboxylic acids is 2. The van der Waals surface area contributed by atoms with Crippen LogP contribution in [-0.4, -0.2) is 40.1 Å². The van der Waals surface area contributed by atoms with E-state index in [-0.39, 0.29) is 29.7 Å². The number of piperidine rings is 1. The Morgan fingerprint density at radius 3 is 2.70 bits per heavy atom. The third-order valence-corrected chi connectivity index (χ3v) is 4.53. The fourth-order valence-electron chi connectivity index (χ4n) is 2.99. The number of halogens is 3. The van der Waals surface area contributed by atoms with E-state index in [0.717, 1.165) is 12.1 Å². The average Bonchev–Trinajstić information content (AvgIpc) is 2.97. The molecule has 0 aliphatic carbocycles. The second kappa shape index (κ2) is 7.05. The molecular formula is C18H19F3N4O2. The number of likely N-dealkylation sites (tertiary alicyclic amines) is 1. The van der Waals surface area contributed by atoms with E-state index in [1.807, 2.05) is 0 Å². The lowest BCUT2D eigenvalue weighted by Gasteiger charge is -2.27. The van der Waals surface area contributed by atoms with E-state index >= 15 is 0 Å². The van der Waals surface area contributed by atoms with Crippen molar-refractivity contribution in [3.63, 3.8) is 0 Å². The lowest BCUT2D eigenvalue weighted by Crippen LogP contribution is -2.40. The molecule has 144 valence electrons. The van der Waals surface area contributed by atoms with Crippen molar-refractivity contribution in [2.24, 2.45) is 5.92 Å². The highest BCUT2D eigenvalue weighted by molar-refractivity contribution is 5.95. The van der Waals surface area contributed by atoms with Gasteiger partial charge in [-0.05, 0) is 31.5 Å². The molecule has 1 aliphatic heterocycles. The van der Waals surface area contributed by atoms with E-state index in [0.29, 0.717) is 18.7 Å². The van der Waals surface area contributed by atoms with Gasteiger partial charge in [0, 0.05) is 32.0 Å². The van der Waals surface area contributed by atoms with Crippen LogP contribution in [0.3, 0.4) is 0 Å². The number of anilines is 1. The summed E-state index contributed by atoms with van der Waals surface area (Å²) in [6.07, 6.45) is -3.83. The number of amides is 2. The molecule has 2 heterocycles. The maximum Gasteiger partial charge on any atom is 0.416 e. The number of hydrogen-bond acceptors (Lipinski definition) is 3. The molecule has 1 fully saturated rings. The molecule has 3 rings (SSSR count). The number of hydrogen-bond donors (Lipinski definition) is 1. The third kappa shape index (κ3) is 4.12. The SMILES string of the molecule is Cc1cc(NC(=O)C2CCN(C)C(=O)C2)n(-c2cccc(C(F)(F)F)c2)n1.